The highest BCUT2D eigenvalue weighted by atomic mass is 35.5. The minimum absolute atomic E-state index is 0.0455. The first-order valence-electron chi connectivity index (χ1n) is 6.36. The van der Waals surface area contributed by atoms with Gasteiger partial charge in [0, 0.05) is 22.7 Å². The molecule has 0 aliphatic heterocycles. The van der Waals surface area contributed by atoms with Crippen LogP contribution >= 0.6 is 23.2 Å². The van der Waals surface area contributed by atoms with Crippen LogP contribution in [0.5, 0.6) is 0 Å². The second-order valence-electron chi connectivity index (χ2n) is 4.52. The second-order valence-corrected chi connectivity index (χ2v) is 5.36. The van der Waals surface area contributed by atoms with Crippen LogP contribution in [-0.4, -0.2) is 28.0 Å². The van der Waals surface area contributed by atoms with E-state index in [1.165, 1.54) is 18.3 Å². The lowest BCUT2D eigenvalue weighted by atomic mass is 10.1. The molecule has 1 aromatic carbocycles. The van der Waals surface area contributed by atoms with Crippen LogP contribution in [0.25, 0.3) is 0 Å². The molecule has 0 unspecified atom stereocenters. The maximum absolute atomic E-state index is 12.0. The maximum Gasteiger partial charge on any atom is 0.326 e. The smallest absolute Gasteiger partial charge is 0.326 e. The highest BCUT2D eigenvalue weighted by Gasteiger charge is 2.22. The van der Waals surface area contributed by atoms with Gasteiger partial charge in [-0.05, 0) is 29.8 Å². The van der Waals surface area contributed by atoms with Crippen LogP contribution in [0.3, 0.4) is 0 Å². The van der Waals surface area contributed by atoms with Gasteiger partial charge in [-0.25, -0.2) is 4.79 Å². The summed E-state index contributed by atoms with van der Waals surface area (Å²) in [6.07, 6.45) is 1.50. The molecule has 22 heavy (non-hydrogen) atoms. The number of carbonyl (C=O) groups excluding carboxylic acids is 1. The summed E-state index contributed by atoms with van der Waals surface area (Å²) in [5.74, 6) is -1.71. The molecule has 114 valence electrons. The summed E-state index contributed by atoms with van der Waals surface area (Å²) in [6, 6.07) is 8.47. The first kappa shape index (κ1) is 16.3. The topological polar surface area (TPSA) is 79.3 Å². The summed E-state index contributed by atoms with van der Waals surface area (Å²) in [5, 5.41) is 12.5. The largest absolute Gasteiger partial charge is 0.480 e. The quantitative estimate of drug-likeness (QED) is 0.878. The zero-order valence-corrected chi connectivity index (χ0v) is 12.8. The molecule has 0 fully saturated rings. The molecule has 1 amide bonds. The zero-order chi connectivity index (χ0) is 16.1. The fourth-order valence-corrected chi connectivity index (χ4v) is 2.32. The van der Waals surface area contributed by atoms with Gasteiger partial charge < -0.3 is 10.4 Å². The molecule has 1 aromatic heterocycles. The number of carboxylic acids is 1. The van der Waals surface area contributed by atoms with Crippen molar-refractivity contribution >= 4 is 35.1 Å². The molecule has 7 heteroatoms. The molecule has 0 bridgehead atoms. The maximum atomic E-state index is 12.0. The highest BCUT2D eigenvalue weighted by molar-refractivity contribution is 6.35. The molecule has 5 nitrogen and oxygen atoms in total. The van der Waals surface area contributed by atoms with Crippen molar-refractivity contribution in [3.8, 4) is 0 Å². The lowest BCUT2D eigenvalue weighted by Gasteiger charge is -2.15. The third-order valence-electron chi connectivity index (χ3n) is 2.94. The van der Waals surface area contributed by atoms with E-state index in [9.17, 15) is 14.7 Å². The molecular formula is C15H12Cl2N2O3. The molecule has 0 saturated carbocycles. The van der Waals surface area contributed by atoms with Crippen LogP contribution < -0.4 is 5.32 Å². The predicted octanol–water partition coefficient (Wildman–Crippen LogP) is 2.81. The number of hydrogen-bond acceptors (Lipinski definition) is 3. The molecule has 2 N–H and O–H groups in total. The van der Waals surface area contributed by atoms with Gasteiger partial charge in [0.15, 0.2) is 0 Å². The van der Waals surface area contributed by atoms with Crippen molar-refractivity contribution in [3.63, 3.8) is 0 Å². The molecular weight excluding hydrogens is 327 g/mol. The predicted molar refractivity (Wildman–Crippen MR) is 83.3 cm³/mol. The van der Waals surface area contributed by atoms with Gasteiger partial charge in [-0.3, -0.25) is 9.78 Å². The van der Waals surface area contributed by atoms with E-state index >= 15 is 0 Å². The summed E-state index contributed by atoms with van der Waals surface area (Å²) in [4.78, 5) is 27.2. The number of nitrogens with one attached hydrogen (secondary N) is 1. The van der Waals surface area contributed by atoms with Crippen LogP contribution in [-0.2, 0) is 11.2 Å². The third kappa shape index (κ3) is 4.19. The van der Waals surface area contributed by atoms with Crippen LogP contribution in [0, 0.1) is 0 Å². The Morgan fingerprint density at radius 3 is 2.59 bits per heavy atom. The minimum atomic E-state index is -1.16. The Morgan fingerprint density at radius 1 is 1.23 bits per heavy atom. The fourth-order valence-electron chi connectivity index (χ4n) is 1.84. The third-order valence-corrected chi connectivity index (χ3v) is 3.53. The summed E-state index contributed by atoms with van der Waals surface area (Å²) >= 11 is 11.8. The first-order valence-corrected chi connectivity index (χ1v) is 7.11. The Bertz CT molecular complexity index is 692. The normalized spacial score (nSPS) is 11.7. The van der Waals surface area contributed by atoms with E-state index in [0.717, 1.165) is 0 Å². The van der Waals surface area contributed by atoms with Crippen LogP contribution in [0.1, 0.15) is 16.1 Å². The molecule has 0 saturated heterocycles. The Labute approximate surface area is 136 Å². The molecule has 0 spiro atoms. The Balaban J connectivity index is 2.14. The van der Waals surface area contributed by atoms with Crippen LogP contribution in [0.15, 0.2) is 42.6 Å². The van der Waals surface area contributed by atoms with E-state index in [4.69, 9.17) is 23.2 Å². The van der Waals surface area contributed by atoms with Gasteiger partial charge in [0.2, 0.25) is 0 Å². The lowest BCUT2D eigenvalue weighted by molar-refractivity contribution is -0.139. The second kappa shape index (κ2) is 7.24. The Kier molecular flexibility index (Phi) is 5.35. The molecule has 2 rings (SSSR count). The summed E-state index contributed by atoms with van der Waals surface area (Å²) in [6.45, 7) is 0. The fraction of sp³-hybridized carbons (Fsp3) is 0.133. The Hall–Kier alpha value is -2.11. The minimum Gasteiger partial charge on any atom is -0.480 e. The van der Waals surface area contributed by atoms with Crippen LogP contribution in [0.2, 0.25) is 10.0 Å². The number of rotatable bonds is 5. The number of aromatic nitrogens is 1. The van der Waals surface area contributed by atoms with Crippen molar-refractivity contribution in [2.75, 3.05) is 0 Å². The summed E-state index contributed by atoms with van der Waals surface area (Å²) in [7, 11) is 0. The molecule has 1 heterocycles. The van der Waals surface area contributed by atoms with Crippen LogP contribution in [0.4, 0.5) is 0 Å². The lowest BCUT2D eigenvalue weighted by Crippen LogP contribution is -2.42. The molecule has 0 aliphatic carbocycles. The molecule has 2 aromatic rings. The van der Waals surface area contributed by atoms with E-state index < -0.39 is 17.9 Å². The number of pyridine rings is 1. The van der Waals surface area contributed by atoms with E-state index in [1.54, 1.807) is 24.3 Å². The van der Waals surface area contributed by atoms with Crippen molar-refractivity contribution in [2.45, 2.75) is 12.5 Å². The van der Waals surface area contributed by atoms with Crippen molar-refractivity contribution in [3.05, 3.63) is 63.9 Å². The van der Waals surface area contributed by atoms with Gasteiger partial charge in [0.25, 0.3) is 5.91 Å². The number of amides is 1. The van der Waals surface area contributed by atoms with Gasteiger partial charge in [0.1, 0.15) is 11.7 Å². The summed E-state index contributed by atoms with van der Waals surface area (Å²) in [5.41, 5.74) is 0.732. The van der Waals surface area contributed by atoms with Crippen molar-refractivity contribution in [1.29, 1.82) is 0 Å². The number of benzene rings is 1. The van der Waals surface area contributed by atoms with Gasteiger partial charge in [-0.1, -0.05) is 35.3 Å². The van der Waals surface area contributed by atoms with E-state index in [1.807, 2.05) is 0 Å². The standard InChI is InChI=1S/C15H12Cl2N2O3/c16-10-5-4-9(11(17)8-10)7-13(15(21)22)19-14(20)12-3-1-2-6-18-12/h1-6,8,13H,7H2,(H,19,20)(H,21,22)/t13-/m0/s1. The number of hydrogen-bond donors (Lipinski definition) is 2. The number of carboxylic acid groups (broad SMARTS) is 1. The number of nitrogens with zero attached hydrogens (tertiary/aromatic N) is 1. The Morgan fingerprint density at radius 2 is 2.00 bits per heavy atom. The average molecular weight is 339 g/mol. The van der Waals surface area contributed by atoms with E-state index in [2.05, 4.69) is 10.3 Å². The number of halogens is 2. The van der Waals surface area contributed by atoms with E-state index in [0.29, 0.717) is 15.6 Å². The monoisotopic (exact) mass is 338 g/mol. The van der Waals surface area contributed by atoms with Crippen molar-refractivity contribution < 1.29 is 14.7 Å². The number of aliphatic carboxylic acids is 1. The zero-order valence-electron chi connectivity index (χ0n) is 11.3. The average Bonchev–Trinajstić information content (AvgIpc) is 2.49. The molecule has 1 atom stereocenters. The van der Waals surface area contributed by atoms with Gasteiger partial charge in [0.05, 0.1) is 0 Å². The van der Waals surface area contributed by atoms with Gasteiger partial charge in [-0.2, -0.15) is 0 Å². The van der Waals surface area contributed by atoms with E-state index in [-0.39, 0.29) is 12.1 Å². The first-order chi connectivity index (χ1) is 10.5. The highest BCUT2D eigenvalue weighted by Crippen LogP contribution is 2.22. The van der Waals surface area contributed by atoms with Crippen molar-refractivity contribution in [1.82, 2.24) is 10.3 Å². The van der Waals surface area contributed by atoms with Gasteiger partial charge >= 0.3 is 5.97 Å². The summed E-state index contributed by atoms with van der Waals surface area (Å²) < 4.78 is 0. The molecule has 0 radical (unpaired) electrons. The van der Waals surface area contributed by atoms with Crippen molar-refractivity contribution in [2.24, 2.45) is 0 Å². The van der Waals surface area contributed by atoms with Gasteiger partial charge in [-0.15, -0.1) is 0 Å². The SMILES string of the molecule is O=C(N[C@@H](Cc1ccc(Cl)cc1Cl)C(=O)O)c1ccccn1. The molecule has 0 aliphatic rings. The number of carbonyl (C=O) groups is 2.